The van der Waals surface area contributed by atoms with Crippen molar-refractivity contribution in [1.29, 1.82) is 0 Å². The van der Waals surface area contributed by atoms with Crippen molar-refractivity contribution in [3.8, 4) is 0 Å². The van der Waals surface area contributed by atoms with E-state index in [1.54, 1.807) is 0 Å². The molecule has 0 unspecified atom stereocenters. The molecule has 20 heavy (non-hydrogen) atoms. The maximum Gasteiger partial charge on any atom is 0.0367 e. The normalized spacial score (nSPS) is 15.2. The Bertz CT molecular complexity index is 356. The van der Waals surface area contributed by atoms with Gasteiger partial charge in [0.2, 0.25) is 0 Å². The summed E-state index contributed by atoms with van der Waals surface area (Å²) in [7, 11) is 0. The van der Waals surface area contributed by atoms with Gasteiger partial charge in [-0.05, 0) is 26.0 Å². The second-order valence-electron chi connectivity index (χ2n) is 6.96. The van der Waals surface area contributed by atoms with Crippen LogP contribution in [0.4, 0.5) is 0 Å². The minimum absolute atomic E-state index is 0.0656. The van der Waals surface area contributed by atoms with Crippen LogP contribution in [-0.2, 0) is 0 Å². The molecule has 2 N–H and O–H groups in total. The third-order valence-electron chi connectivity index (χ3n) is 2.86. The van der Waals surface area contributed by atoms with Gasteiger partial charge in [-0.25, -0.2) is 0 Å². The van der Waals surface area contributed by atoms with Gasteiger partial charge in [-0.2, -0.15) is 0 Å². The van der Waals surface area contributed by atoms with Crippen molar-refractivity contribution in [3.05, 3.63) is 47.9 Å². The van der Waals surface area contributed by atoms with Crippen molar-refractivity contribution in [3.63, 3.8) is 0 Å². The van der Waals surface area contributed by atoms with Gasteiger partial charge in [-0.15, -0.1) is 0 Å². The summed E-state index contributed by atoms with van der Waals surface area (Å²) in [5, 5.41) is 0. The topological polar surface area (TPSA) is 24.1 Å². The first kappa shape index (κ1) is 18.6. The van der Waals surface area contributed by atoms with Gasteiger partial charge in [0.15, 0.2) is 0 Å². The van der Waals surface area contributed by atoms with Gasteiger partial charge < -0.3 is 10.9 Å². The summed E-state index contributed by atoms with van der Waals surface area (Å²) in [6.45, 7) is 17.2. The lowest BCUT2D eigenvalue weighted by Gasteiger charge is -2.30. The molecule has 0 radical (unpaired) electrons. The zero-order valence-corrected chi connectivity index (χ0v) is 14.5. The molecule has 0 amide bonds. The van der Waals surface area contributed by atoms with Gasteiger partial charge in [0.05, 0.1) is 0 Å². The predicted molar refractivity (Wildman–Crippen MR) is 91.0 cm³/mol. The molecule has 0 aromatic heterocycles. The van der Waals surface area contributed by atoms with Gasteiger partial charge in [-0.1, -0.05) is 65.8 Å². The SMILES string of the molecule is CC=CC=C(NNC(=CC=CC)C(C)(C)C)C(C)(C)C. The van der Waals surface area contributed by atoms with Crippen LogP contribution < -0.4 is 10.9 Å². The minimum atomic E-state index is 0.0656. The fraction of sp³-hybridized carbons (Fsp3) is 0.556. The third-order valence-corrected chi connectivity index (χ3v) is 2.86. The standard InChI is InChI=1S/C18H32N2/c1-9-11-13-15(17(3,4)5)19-20-16(14-12-10-2)18(6,7)8/h9-14,19-20H,1-8H3. The second-order valence-corrected chi connectivity index (χ2v) is 6.96. The summed E-state index contributed by atoms with van der Waals surface area (Å²) in [6, 6.07) is 0. The predicted octanol–water partition coefficient (Wildman–Crippen LogP) is 5.09. The summed E-state index contributed by atoms with van der Waals surface area (Å²) in [5.74, 6) is 0. The van der Waals surface area contributed by atoms with Gasteiger partial charge in [0.1, 0.15) is 0 Å². The van der Waals surface area contributed by atoms with Crippen molar-refractivity contribution in [1.82, 2.24) is 10.9 Å². The van der Waals surface area contributed by atoms with E-state index in [0.29, 0.717) is 0 Å². The Kier molecular flexibility index (Phi) is 7.41. The Morgan fingerprint density at radius 1 is 0.650 bits per heavy atom. The minimum Gasteiger partial charge on any atom is -0.305 e. The first-order valence-corrected chi connectivity index (χ1v) is 7.32. The van der Waals surface area contributed by atoms with Crippen LogP contribution in [0.25, 0.3) is 0 Å². The molecule has 2 heteroatoms. The van der Waals surface area contributed by atoms with E-state index in [1.165, 1.54) is 0 Å². The molecular weight excluding hydrogens is 244 g/mol. The average Bonchev–Trinajstić information content (AvgIpc) is 2.29. The molecule has 0 spiro atoms. The lowest BCUT2D eigenvalue weighted by Crippen LogP contribution is -2.39. The Morgan fingerprint density at radius 2 is 0.950 bits per heavy atom. The van der Waals surface area contributed by atoms with E-state index in [9.17, 15) is 0 Å². The summed E-state index contributed by atoms with van der Waals surface area (Å²) < 4.78 is 0. The number of hydrogen-bond donors (Lipinski definition) is 2. The highest BCUT2D eigenvalue weighted by Crippen LogP contribution is 2.25. The molecule has 0 aliphatic rings. The van der Waals surface area contributed by atoms with Crippen LogP contribution >= 0.6 is 0 Å². The Morgan fingerprint density at radius 3 is 1.15 bits per heavy atom. The molecule has 0 saturated heterocycles. The molecule has 0 fully saturated rings. The Hall–Kier alpha value is -1.44. The van der Waals surface area contributed by atoms with E-state index in [0.717, 1.165) is 11.4 Å². The molecule has 0 rings (SSSR count). The number of hydrazine groups is 1. The highest BCUT2D eigenvalue weighted by molar-refractivity contribution is 5.20. The number of nitrogens with one attached hydrogen (secondary N) is 2. The van der Waals surface area contributed by atoms with Crippen LogP contribution in [-0.4, -0.2) is 0 Å². The quantitative estimate of drug-likeness (QED) is 0.539. The van der Waals surface area contributed by atoms with Gasteiger partial charge >= 0.3 is 0 Å². The van der Waals surface area contributed by atoms with Crippen molar-refractivity contribution >= 4 is 0 Å². The molecular formula is C18H32N2. The lowest BCUT2D eigenvalue weighted by atomic mass is 9.90. The van der Waals surface area contributed by atoms with Crippen LogP contribution in [0.15, 0.2) is 47.9 Å². The summed E-state index contributed by atoms with van der Waals surface area (Å²) >= 11 is 0. The van der Waals surface area contributed by atoms with Crippen LogP contribution in [0, 0.1) is 10.8 Å². The van der Waals surface area contributed by atoms with Gasteiger partial charge in [0, 0.05) is 22.2 Å². The van der Waals surface area contributed by atoms with E-state index in [2.05, 4.69) is 76.7 Å². The molecule has 0 saturated carbocycles. The molecule has 0 heterocycles. The first-order valence-electron chi connectivity index (χ1n) is 7.32. The smallest absolute Gasteiger partial charge is 0.0367 e. The van der Waals surface area contributed by atoms with Gasteiger partial charge in [-0.3, -0.25) is 0 Å². The third kappa shape index (κ3) is 7.22. The van der Waals surface area contributed by atoms with E-state index >= 15 is 0 Å². The zero-order chi connectivity index (χ0) is 15.8. The van der Waals surface area contributed by atoms with E-state index in [4.69, 9.17) is 0 Å². The highest BCUT2D eigenvalue weighted by Gasteiger charge is 2.20. The van der Waals surface area contributed by atoms with E-state index < -0.39 is 0 Å². The van der Waals surface area contributed by atoms with Crippen LogP contribution in [0.2, 0.25) is 0 Å². The van der Waals surface area contributed by atoms with Crippen molar-refractivity contribution in [2.75, 3.05) is 0 Å². The van der Waals surface area contributed by atoms with E-state index in [1.807, 2.05) is 26.0 Å². The molecule has 0 aromatic rings. The number of allylic oxidation sites excluding steroid dienone is 8. The summed E-state index contributed by atoms with van der Waals surface area (Å²) in [5.41, 5.74) is 9.18. The monoisotopic (exact) mass is 276 g/mol. The maximum absolute atomic E-state index is 3.37. The molecule has 0 aliphatic heterocycles. The van der Waals surface area contributed by atoms with Crippen molar-refractivity contribution in [2.45, 2.75) is 55.4 Å². The maximum atomic E-state index is 3.37. The number of hydrogen-bond acceptors (Lipinski definition) is 2. The molecule has 0 aromatic carbocycles. The highest BCUT2D eigenvalue weighted by atomic mass is 15.4. The van der Waals surface area contributed by atoms with Crippen LogP contribution in [0.1, 0.15) is 55.4 Å². The van der Waals surface area contributed by atoms with Crippen molar-refractivity contribution < 1.29 is 0 Å². The number of rotatable bonds is 5. The van der Waals surface area contributed by atoms with Crippen LogP contribution in [0.5, 0.6) is 0 Å². The molecule has 0 bridgehead atoms. The Balaban J connectivity index is 5.08. The average molecular weight is 276 g/mol. The summed E-state index contributed by atoms with van der Waals surface area (Å²) in [6.07, 6.45) is 12.4. The molecule has 0 atom stereocenters. The second kappa shape index (κ2) is 7.98. The summed E-state index contributed by atoms with van der Waals surface area (Å²) in [4.78, 5) is 0. The molecule has 2 nitrogen and oxygen atoms in total. The van der Waals surface area contributed by atoms with E-state index in [-0.39, 0.29) is 10.8 Å². The Labute approximate surface area is 125 Å². The van der Waals surface area contributed by atoms with Gasteiger partial charge in [0.25, 0.3) is 0 Å². The molecule has 0 aliphatic carbocycles. The lowest BCUT2D eigenvalue weighted by molar-refractivity contribution is 0.400. The fourth-order valence-corrected chi connectivity index (χ4v) is 1.48. The largest absolute Gasteiger partial charge is 0.305 e. The van der Waals surface area contributed by atoms with Crippen molar-refractivity contribution in [2.24, 2.45) is 10.8 Å². The first-order chi connectivity index (χ1) is 9.12. The zero-order valence-electron chi connectivity index (χ0n) is 14.5. The fourth-order valence-electron chi connectivity index (χ4n) is 1.48. The molecule has 114 valence electrons. The van der Waals surface area contributed by atoms with Crippen LogP contribution in [0.3, 0.4) is 0 Å².